The molecule has 0 N–H and O–H groups in total. The van der Waals surface area contributed by atoms with Gasteiger partial charge in [0, 0.05) is 24.7 Å². The van der Waals surface area contributed by atoms with Crippen molar-refractivity contribution in [2.45, 2.75) is 19.0 Å². The molecule has 4 rings (SSSR count). The van der Waals surface area contributed by atoms with Crippen molar-refractivity contribution in [2.75, 3.05) is 12.8 Å². The first kappa shape index (κ1) is 14.3. The molecular weight excluding hydrogens is 318 g/mol. The maximum absolute atomic E-state index is 11.8. The first-order valence-electron chi connectivity index (χ1n) is 7.23. The molecule has 1 atom stereocenters. The molecule has 1 saturated heterocycles. The molecule has 0 aliphatic carbocycles. The molecule has 4 heterocycles. The van der Waals surface area contributed by atoms with Crippen molar-refractivity contribution in [3.05, 3.63) is 30.8 Å². The lowest BCUT2D eigenvalue weighted by molar-refractivity contribution is 0.340. The molecular formula is C14H15N5O3S. The predicted octanol–water partition coefficient (Wildman–Crippen LogP) is 1.12. The lowest BCUT2D eigenvalue weighted by atomic mass is 10.2. The van der Waals surface area contributed by atoms with Gasteiger partial charge >= 0.3 is 0 Å². The Morgan fingerprint density at radius 1 is 1.39 bits per heavy atom. The Kier molecular flexibility index (Phi) is 3.20. The summed E-state index contributed by atoms with van der Waals surface area (Å²) < 4.78 is 32.0. The second-order valence-corrected chi connectivity index (χ2v) is 7.74. The van der Waals surface area contributed by atoms with Gasteiger partial charge in [0.25, 0.3) is 0 Å². The molecule has 1 aliphatic rings. The zero-order valence-electron chi connectivity index (χ0n) is 12.5. The lowest BCUT2D eigenvalue weighted by Gasteiger charge is -2.17. The van der Waals surface area contributed by atoms with Crippen LogP contribution in [0.2, 0.25) is 0 Å². The molecule has 1 fully saturated rings. The summed E-state index contributed by atoms with van der Waals surface area (Å²) in [6.07, 6.45) is 5.66. The Balaban J connectivity index is 1.62. The Morgan fingerprint density at radius 2 is 2.26 bits per heavy atom. The first-order chi connectivity index (χ1) is 11.0. The van der Waals surface area contributed by atoms with E-state index in [0.29, 0.717) is 24.4 Å². The molecule has 1 aliphatic heterocycles. The fourth-order valence-corrected chi connectivity index (χ4v) is 4.34. The largest absolute Gasteiger partial charge is 0.464 e. The minimum Gasteiger partial charge on any atom is -0.464 e. The number of pyridine rings is 1. The van der Waals surface area contributed by atoms with E-state index in [0.717, 1.165) is 11.0 Å². The Labute approximate surface area is 132 Å². The Bertz CT molecular complexity index is 962. The average Bonchev–Trinajstić information content (AvgIpc) is 3.23. The van der Waals surface area contributed by atoms with E-state index < -0.39 is 10.0 Å². The van der Waals surface area contributed by atoms with E-state index in [9.17, 15) is 8.42 Å². The van der Waals surface area contributed by atoms with Crippen LogP contribution in [0.3, 0.4) is 0 Å². The van der Waals surface area contributed by atoms with Crippen LogP contribution < -0.4 is 0 Å². The van der Waals surface area contributed by atoms with Gasteiger partial charge in [-0.15, -0.1) is 5.10 Å². The molecule has 3 aromatic rings. The molecule has 0 spiro atoms. The standard InChI is InChI=1S/C14H15N5O3S/c1-18-10(4-7-23(18,20)21)8-19-9-12(16-17-19)14-11-3-6-22-13(11)2-5-15-14/h2-3,5-6,9-10H,4,7-8H2,1H3. The number of furan rings is 1. The van der Waals surface area contributed by atoms with Gasteiger partial charge in [0.2, 0.25) is 10.0 Å². The molecule has 3 aromatic heterocycles. The normalized spacial score (nSPS) is 21.2. The van der Waals surface area contributed by atoms with Crippen LogP contribution in [0.4, 0.5) is 0 Å². The van der Waals surface area contributed by atoms with Gasteiger partial charge in [-0.3, -0.25) is 9.67 Å². The van der Waals surface area contributed by atoms with Crippen molar-refractivity contribution >= 4 is 21.0 Å². The fraction of sp³-hybridized carbons (Fsp3) is 0.357. The monoisotopic (exact) mass is 333 g/mol. The zero-order chi connectivity index (χ0) is 16.0. The van der Waals surface area contributed by atoms with E-state index in [1.165, 1.54) is 4.31 Å². The third-order valence-electron chi connectivity index (χ3n) is 4.22. The number of rotatable bonds is 3. The molecule has 23 heavy (non-hydrogen) atoms. The predicted molar refractivity (Wildman–Crippen MR) is 83.0 cm³/mol. The van der Waals surface area contributed by atoms with E-state index in [4.69, 9.17) is 4.42 Å². The average molecular weight is 333 g/mol. The highest BCUT2D eigenvalue weighted by Gasteiger charge is 2.34. The molecule has 0 amide bonds. The summed E-state index contributed by atoms with van der Waals surface area (Å²) in [5.74, 6) is 0.186. The molecule has 9 heteroatoms. The lowest BCUT2D eigenvalue weighted by Crippen LogP contribution is -2.32. The molecule has 8 nitrogen and oxygen atoms in total. The summed E-state index contributed by atoms with van der Waals surface area (Å²) in [6.45, 7) is 0.476. The summed E-state index contributed by atoms with van der Waals surface area (Å²) >= 11 is 0. The minimum atomic E-state index is -3.11. The van der Waals surface area contributed by atoms with Crippen LogP contribution in [0, 0.1) is 0 Å². The van der Waals surface area contributed by atoms with Crippen molar-refractivity contribution in [2.24, 2.45) is 0 Å². The van der Waals surface area contributed by atoms with Gasteiger partial charge < -0.3 is 4.42 Å². The number of aromatic nitrogens is 4. The third-order valence-corrected chi connectivity index (χ3v) is 6.15. The van der Waals surface area contributed by atoms with Crippen molar-refractivity contribution < 1.29 is 12.8 Å². The maximum Gasteiger partial charge on any atom is 0.214 e. The summed E-state index contributed by atoms with van der Waals surface area (Å²) in [5, 5.41) is 9.14. The van der Waals surface area contributed by atoms with Crippen LogP contribution in [0.25, 0.3) is 22.4 Å². The second-order valence-electron chi connectivity index (χ2n) is 5.59. The van der Waals surface area contributed by atoms with Gasteiger partial charge in [0.15, 0.2) is 0 Å². The first-order valence-corrected chi connectivity index (χ1v) is 8.84. The second kappa shape index (κ2) is 5.14. The quantitative estimate of drug-likeness (QED) is 0.713. The van der Waals surface area contributed by atoms with Gasteiger partial charge in [-0.05, 0) is 18.6 Å². The fourth-order valence-electron chi connectivity index (χ4n) is 2.86. The summed E-state index contributed by atoms with van der Waals surface area (Å²) in [5.41, 5.74) is 2.08. The highest BCUT2D eigenvalue weighted by atomic mass is 32.2. The van der Waals surface area contributed by atoms with E-state index in [-0.39, 0.29) is 11.8 Å². The van der Waals surface area contributed by atoms with Gasteiger partial charge in [-0.1, -0.05) is 5.21 Å². The molecule has 0 saturated carbocycles. The zero-order valence-corrected chi connectivity index (χ0v) is 13.3. The summed E-state index contributed by atoms with van der Waals surface area (Å²) in [4.78, 5) is 4.35. The minimum absolute atomic E-state index is 0.0905. The SMILES string of the molecule is CN1C(Cn2cc(-c3nccc4occc34)nn2)CCS1(=O)=O. The molecule has 0 radical (unpaired) electrons. The molecule has 120 valence electrons. The third kappa shape index (κ3) is 2.41. The molecule has 1 unspecified atom stereocenters. The highest BCUT2D eigenvalue weighted by molar-refractivity contribution is 7.89. The van der Waals surface area contributed by atoms with Crippen LogP contribution in [0.1, 0.15) is 6.42 Å². The number of sulfonamides is 1. The van der Waals surface area contributed by atoms with Gasteiger partial charge in [0.05, 0.1) is 24.8 Å². The van der Waals surface area contributed by atoms with E-state index in [1.54, 1.807) is 36.5 Å². The van der Waals surface area contributed by atoms with Crippen molar-refractivity contribution in [1.82, 2.24) is 24.3 Å². The maximum atomic E-state index is 11.8. The number of hydrogen-bond donors (Lipinski definition) is 0. The number of hydrogen-bond acceptors (Lipinski definition) is 6. The van der Waals surface area contributed by atoms with Crippen LogP contribution in [-0.2, 0) is 16.6 Å². The van der Waals surface area contributed by atoms with Crippen LogP contribution in [0.15, 0.2) is 35.2 Å². The van der Waals surface area contributed by atoms with Gasteiger partial charge in [-0.2, -0.15) is 0 Å². The summed E-state index contributed by atoms with van der Waals surface area (Å²) in [7, 11) is -1.50. The number of nitrogens with zero attached hydrogens (tertiary/aromatic N) is 5. The van der Waals surface area contributed by atoms with E-state index in [2.05, 4.69) is 15.3 Å². The van der Waals surface area contributed by atoms with Crippen molar-refractivity contribution in [3.8, 4) is 11.4 Å². The van der Waals surface area contributed by atoms with Crippen LogP contribution in [-0.4, -0.2) is 51.5 Å². The van der Waals surface area contributed by atoms with E-state index >= 15 is 0 Å². The number of likely N-dealkylation sites (N-methyl/N-ethyl adjacent to an activating group) is 1. The highest BCUT2D eigenvalue weighted by Crippen LogP contribution is 2.26. The van der Waals surface area contributed by atoms with Crippen LogP contribution in [0.5, 0.6) is 0 Å². The number of fused-ring (bicyclic) bond motifs is 1. The van der Waals surface area contributed by atoms with Gasteiger partial charge in [-0.25, -0.2) is 12.7 Å². The summed E-state index contributed by atoms with van der Waals surface area (Å²) in [6, 6.07) is 3.54. The van der Waals surface area contributed by atoms with Crippen LogP contribution >= 0.6 is 0 Å². The van der Waals surface area contributed by atoms with Gasteiger partial charge in [0.1, 0.15) is 17.0 Å². The topological polar surface area (TPSA) is 94.1 Å². The Morgan fingerprint density at radius 3 is 3.04 bits per heavy atom. The molecule has 0 bridgehead atoms. The van der Waals surface area contributed by atoms with E-state index in [1.807, 2.05) is 6.07 Å². The Hall–Kier alpha value is -2.26. The van der Waals surface area contributed by atoms with Crippen molar-refractivity contribution in [3.63, 3.8) is 0 Å². The smallest absolute Gasteiger partial charge is 0.214 e. The molecule has 0 aromatic carbocycles. The van der Waals surface area contributed by atoms with Crippen molar-refractivity contribution in [1.29, 1.82) is 0 Å².